The molecule has 3 aromatic heterocycles. The van der Waals surface area contributed by atoms with Gasteiger partial charge in [0.1, 0.15) is 29.1 Å². The maximum atomic E-state index is 13.2. The molecule has 1 amide bonds. The van der Waals surface area contributed by atoms with Crippen molar-refractivity contribution in [3.05, 3.63) is 39.4 Å². The summed E-state index contributed by atoms with van der Waals surface area (Å²) in [7, 11) is 3.95. The monoisotopic (exact) mass is 530 g/mol. The lowest BCUT2D eigenvalue weighted by Gasteiger charge is -2.34. The van der Waals surface area contributed by atoms with Crippen molar-refractivity contribution >= 4 is 51.4 Å². The zero-order chi connectivity index (χ0) is 25.2. The lowest BCUT2D eigenvalue weighted by molar-refractivity contribution is 0.0933. The topological polar surface area (TPSA) is 113 Å². The van der Waals surface area contributed by atoms with Gasteiger partial charge >= 0.3 is 0 Å². The number of halogens is 1. The molecule has 0 bridgehead atoms. The standard InChI is InChI=1S/C24H31ClN8O2S/c1-31(2)8-9-35-19-11-20(25)36-22(19)24(34)30-16-4-3-7-32(13-16)18-10-17(15-5-6-27-12-15)33-21(18)23(26)28-14-29-33/h5,10-11,14,16,27H,3-4,6-9,12-13H2,1-2H3,(H,30,34)(H2,26,28,29)/t16-/m1/s1. The second-order valence-corrected chi connectivity index (χ2v) is 11.0. The quantitative estimate of drug-likeness (QED) is 0.407. The molecule has 0 spiro atoms. The summed E-state index contributed by atoms with van der Waals surface area (Å²) in [5.41, 5.74) is 10.3. The number of anilines is 2. The van der Waals surface area contributed by atoms with E-state index in [1.807, 2.05) is 23.5 Å². The molecule has 5 rings (SSSR count). The number of carbonyl (C=O) groups is 1. The van der Waals surface area contributed by atoms with Gasteiger partial charge in [-0.15, -0.1) is 11.3 Å². The van der Waals surface area contributed by atoms with E-state index in [0.717, 1.165) is 55.9 Å². The number of nitrogen functional groups attached to an aromatic ring is 1. The molecule has 1 fully saturated rings. The van der Waals surface area contributed by atoms with E-state index >= 15 is 0 Å². The summed E-state index contributed by atoms with van der Waals surface area (Å²) in [6.07, 6.45) is 5.49. The Bertz CT molecular complexity index is 1290. The first kappa shape index (κ1) is 24.8. The van der Waals surface area contributed by atoms with Crippen molar-refractivity contribution in [2.75, 3.05) is 64.1 Å². The van der Waals surface area contributed by atoms with Gasteiger partial charge in [0.15, 0.2) is 5.82 Å². The van der Waals surface area contributed by atoms with Gasteiger partial charge in [0.2, 0.25) is 0 Å². The van der Waals surface area contributed by atoms with Crippen LogP contribution in [-0.4, -0.2) is 84.9 Å². The van der Waals surface area contributed by atoms with Gasteiger partial charge in [0.05, 0.1) is 15.7 Å². The number of ether oxygens (including phenoxy) is 1. The predicted molar refractivity (Wildman–Crippen MR) is 144 cm³/mol. The van der Waals surface area contributed by atoms with Crippen LogP contribution in [0.1, 0.15) is 28.2 Å². The van der Waals surface area contributed by atoms with Gasteiger partial charge in [-0.05, 0) is 38.6 Å². The van der Waals surface area contributed by atoms with E-state index in [9.17, 15) is 4.79 Å². The molecule has 12 heteroatoms. The first-order valence-electron chi connectivity index (χ1n) is 12.1. The molecular weight excluding hydrogens is 500 g/mol. The van der Waals surface area contributed by atoms with Crippen LogP contribution in [0.4, 0.5) is 11.5 Å². The second kappa shape index (κ2) is 10.6. The van der Waals surface area contributed by atoms with Crippen LogP contribution in [-0.2, 0) is 0 Å². The first-order valence-corrected chi connectivity index (χ1v) is 13.2. The van der Waals surface area contributed by atoms with Crippen LogP contribution in [0, 0.1) is 0 Å². The number of hydrogen-bond acceptors (Lipinski definition) is 9. The highest BCUT2D eigenvalue weighted by molar-refractivity contribution is 7.18. The molecule has 2 aliphatic heterocycles. The first-order chi connectivity index (χ1) is 17.4. The van der Waals surface area contributed by atoms with Crippen molar-refractivity contribution in [2.24, 2.45) is 0 Å². The van der Waals surface area contributed by atoms with Gasteiger partial charge in [-0.25, -0.2) is 9.50 Å². The largest absolute Gasteiger partial charge is 0.490 e. The highest BCUT2D eigenvalue weighted by Gasteiger charge is 2.28. The molecular formula is C24H31ClN8O2S. The number of piperidine rings is 1. The lowest BCUT2D eigenvalue weighted by Crippen LogP contribution is -2.47. The zero-order valence-corrected chi connectivity index (χ0v) is 22.0. The Morgan fingerprint density at radius 1 is 1.42 bits per heavy atom. The number of nitrogens with two attached hydrogens (primary N) is 1. The second-order valence-electron chi connectivity index (χ2n) is 9.34. The number of likely N-dealkylation sites (N-methyl/N-ethyl adjacent to an activating group) is 1. The van der Waals surface area contributed by atoms with Gasteiger partial charge in [-0.3, -0.25) is 4.79 Å². The summed E-state index contributed by atoms with van der Waals surface area (Å²) < 4.78 is 8.26. The molecule has 10 nitrogen and oxygen atoms in total. The Balaban J connectivity index is 1.34. The molecule has 0 radical (unpaired) electrons. The van der Waals surface area contributed by atoms with Crippen LogP contribution < -0.4 is 26.0 Å². The number of carbonyl (C=O) groups excluding carboxylic acids is 1. The molecule has 0 aliphatic carbocycles. The number of nitrogens with zero attached hydrogens (tertiary/aromatic N) is 5. The van der Waals surface area contributed by atoms with Gasteiger partial charge in [-0.1, -0.05) is 17.7 Å². The number of thiophene rings is 1. The van der Waals surface area contributed by atoms with Crippen molar-refractivity contribution in [2.45, 2.75) is 18.9 Å². The van der Waals surface area contributed by atoms with E-state index < -0.39 is 0 Å². The summed E-state index contributed by atoms with van der Waals surface area (Å²) in [4.78, 5) is 22.3. The highest BCUT2D eigenvalue weighted by atomic mass is 35.5. The van der Waals surface area contributed by atoms with Crippen LogP contribution in [0.15, 0.2) is 24.5 Å². The maximum absolute atomic E-state index is 13.2. The number of nitrogens with one attached hydrogen (secondary N) is 2. The molecule has 1 saturated heterocycles. The van der Waals surface area contributed by atoms with E-state index in [0.29, 0.717) is 33.9 Å². The van der Waals surface area contributed by atoms with E-state index in [1.165, 1.54) is 23.2 Å². The molecule has 0 unspecified atom stereocenters. The van der Waals surface area contributed by atoms with Crippen LogP contribution in [0.2, 0.25) is 4.34 Å². The average molecular weight is 531 g/mol. The third-order valence-electron chi connectivity index (χ3n) is 6.47. The Morgan fingerprint density at radius 2 is 2.28 bits per heavy atom. The van der Waals surface area contributed by atoms with Crippen LogP contribution >= 0.6 is 22.9 Å². The van der Waals surface area contributed by atoms with Crippen molar-refractivity contribution in [3.63, 3.8) is 0 Å². The van der Waals surface area contributed by atoms with Gasteiger partial charge in [0.25, 0.3) is 5.91 Å². The van der Waals surface area contributed by atoms with Crippen molar-refractivity contribution in [1.29, 1.82) is 0 Å². The number of hydrogen-bond donors (Lipinski definition) is 3. The zero-order valence-electron chi connectivity index (χ0n) is 20.5. The molecule has 2 aliphatic rings. The van der Waals surface area contributed by atoms with Crippen LogP contribution in [0.25, 0.3) is 11.1 Å². The van der Waals surface area contributed by atoms with Crippen molar-refractivity contribution in [1.82, 2.24) is 30.1 Å². The summed E-state index contributed by atoms with van der Waals surface area (Å²) >= 11 is 7.47. The van der Waals surface area contributed by atoms with Crippen LogP contribution in [0.3, 0.4) is 0 Å². The molecule has 0 saturated carbocycles. The molecule has 5 heterocycles. The van der Waals surface area contributed by atoms with Crippen molar-refractivity contribution in [3.8, 4) is 5.75 Å². The summed E-state index contributed by atoms with van der Waals surface area (Å²) in [6, 6.07) is 3.83. The predicted octanol–water partition coefficient (Wildman–Crippen LogP) is 2.35. The molecule has 192 valence electrons. The number of rotatable bonds is 8. The van der Waals surface area contributed by atoms with Crippen molar-refractivity contribution < 1.29 is 9.53 Å². The normalized spacial score (nSPS) is 18.2. The summed E-state index contributed by atoms with van der Waals surface area (Å²) in [5.74, 6) is 0.811. The minimum absolute atomic E-state index is 0.0293. The Labute approximate surface area is 219 Å². The van der Waals surface area contributed by atoms with Gasteiger partial charge < -0.3 is 30.9 Å². The van der Waals surface area contributed by atoms with E-state index in [-0.39, 0.29) is 11.9 Å². The minimum atomic E-state index is -0.161. The average Bonchev–Trinajstić information content (AvgIpc) is 3.58. The SMILES string of the molecule is CN(C)CCOc1cc(Cl)sc1C(=O)N[C@@H]1CCCN(c2cc(C3=CCNC3)n3ncnc(N)c23)C1. The molecule has 4 N–H and O–H groups in total. The summed E-state index contributed by atoms with van der Waals surface area (Å²) in [6.45, 7) is 4.38. The van der Waals surface area contributed by atoms with E-state index in [4.69, 9.17) is 22.1 Å². The Morgan fingerprint density at radius 3 is 3.06 bits per heavy atom. The number of fused-ring (bicyclic) bond motifs is 1. The Hall–Kier alpha value is -2.86. The van der Waals surface area contributed by atoms with Gasteiger partial charge in [-0.2, -0.15) is 5.10 Å². The highest BCUT2D eigenvalue weighted by Crippen LogP contribution is 2.35. The molecule has 1 atom stereocenters. The lowest BCUT2D eigenvalue weighted by atomic mass is 10.0. The third kappa shape index (κ3) is 5.15. The molecule has 3 aromatic rings. The number of aromatic nitrogens is 3. The third-order valence-corrected chi connectivity index (χ3v) is 7.71. The molecule has 36 heavy (non-hydrogen) atoms. The smallest absolute Gasteiger partial charge is 0.265 e. The molecule has 0 aromatic carbocycles. The van der Waals surface area contributed by atoms with Crippen LogP contribution in [0.5, 0.6) is 5.75 Å². The Kier molecular flexibility index (Phi) is 7.33. The maximum Gasteiger partial charge on any atom is 0.265 e. The fraction of sp³-hybridized carbons (Fsp3) is 0.458. The fourth-order valence-electron chi connectivity index (χ4n) is 4.70. The minimum Gasteiger partial charge on any atom is -0.490 e. The van der Waals surface area contributed by atoms with E-state index in [1.54, 1.807) is 6.07 Å². The van der Waals surface area contributed by atoms with E-state index in [2.05, 4.69) is 37.8 Å². The number of amides is 1. The summed E-state index contributed by atoms with van der Waals surface area (Å²) in [5, 5.41) is 11.0. The fourth-order valence-corrected chi connectivity index (χ4v) is 5.76. The van der Waals surface area contributed by atoms with Gasteiger partial charge in [0, 0.05) is 44.8 Å².